The summed E-state index contributed by atoms with van der Waals surface area (Å²) in [5.41, 5.74) is 3.82. The lowest BCUT2D eigenvalue weighted by Crippen LogP contribution is -2.24. The van der Waals surface area contributed by atoms with Gasteiger partial charge in [0.25, 0.3) is 0 Å². The Bertz CT molecular complexity index is 411. The fraction of sp³-hybridized carbons (Fsp3) is 0.571. The van der Waals surface area contributed by atoms with E-state index in [0.29, 0.717) is 6.04 Å². The van der Waals surface area contributed by atoms with E-state index in [2.05, 4.69) is 41.2 Å². The minimum absolute atomic E-state index is 0.615. The molecule has 0 bridgehead atoms. The molecule has 0 aliphatic carbocycles. The summed E-state index contributed by atoms with van der Waals surface area (Å²) in [6.07, 6.45) is 3.64. The van der Waals surface area contributed by atoms with E-state index in [1.54, 1.807) is 7.11 Å². The van der Waals surface area contributed by atoms with Crippen molar-refractivity contribution < 1.29 is 4.74 Å². The molecule has 0 amide bonds. The van der Waals surface area contributed by atoms with E-state index in [9.17, 15) is 0 Å². The molecule has 1 unspecified atom stereocenters. The number of hydrogen-bond acceptors (Lipinski definition) is 2. The number of benzene rings is 1. The van der Waals surface area contributed by atoms with Crippen molar-refractivity contribution in [2.45, 2.75) is 39.2 Å². The second kappa shape index (κ2) is 5.40. The van der Waals surface area contributed by atoms with E-state index in [-0.39, 0.29) is 0 Å². The van der Waals surface area contributed by atoms with Gasteiger partial charge >= 0.3 is 0 Å². The molecule has 1 aliphatic rings. The van der Waals surface area contributed by atoms with Gasteiger partial charge in [-0.05, 0) is 50.8 Å². The maximum absolute atomic E-state index is 5.56. The molecule has 94 valence electrons. The number of methoxy groups -OCH3 is 1. The van der Waals surface area contributed by atoms with Crippen molar-refractivity contribution in [3.05, 3.63) is 27.2 Å². The molecule has 17 heavy (non-hydrogen) atoms. The van der Waals surface area contributed by atoms with Crippen LogP contribution < -0.4 is 10.1 Å². The number of aryl methyl sites for hydroxylation is 1. The minimum Gasteiger partial charge on any atom is -0.496 e. The van der Waals surface area contributed by atoms with Crippen molar-refractivity contribution in [3.63, 3.8) is 0 Å². The zero-order valence-electron chi connectivity index (χ0n) is 10.8. The van der Waals surface area contributed by atoms with Gasteiger partial charge in [0.2, 0.25) is 0 Å². The van der Waals surface area contributed by atoms with E-state index >= 15 is 0 Å². The summed E-state index contributed by atoms with van der Waals surface area (Å²) >= 11 is 3.62. The molecule has 2 nitrogen and oxygen atoms in total. The Labute approximate surface area is 112 Å². The van der Waals surface area contributed by atoms with Gasteiger partial charge in [0, 0.05) is 16.1 Å². The zero-order valence-corrected chi connectivity index (χ0v) is 12.4. The van der Waals surface area contributed by atoms with Gasteiger partial charge in [-0.3, -0.25) is 0 Å². The van der Waals surface area contributed by atoms with Gasteiger partial charge in [-0.25, -0.2) is 0 Å². The molecule has 0 aromatic heterocycles. The van der Waals surface area contributed by atoms with Gasteiger partial charge in [0.05, 0.1) is 7.11 Å². The van der Waals surface area contributed by atoms with Gasteiger partial charge in [-0.1, -0.05) is 22.0 Å². The quantitative estimate of drug-likeness (QED) is 0.924. The zero-order chi connectivity index (χ0) is 12.4. The van der Waals surface area contributed by atoms with Gasteiger partial charge in [0.1, 0.15) is 5.75 Å². The predicted octanol–water partition coefficient (Wildman–Crippen LogP) is 3.37. The molecule has 1 aliphatic heterocycles. The van der Waals surface area contributed by atoms with Crippen LogP contribution in [0.2, 0.25) is 0 Å². The SMILES string of the molecule is COc1c(CC2CCCN2)cc(C)c(Br)c1C. The molecule has 0 saturated carbocycles. The Kier molecular flexibility index (Phi) is 4.10. The monoisotopic (exact) mass is 297 g/mol. The van der Waals surface area contributed by atoms with Crippen LogP contribution in [-0.2, 0) is 6.42 Å². The summed E-state index contributed by atoms with van der Waals surface area (Å²) in [6.45, 7) is 5.41. The van der Waals surface area contributed by atoms with Crippen LogP contribution in [0.4, 0.5) is 0 Å². The Morgan fingerprint density at radius 3 is 2.82 bits per heavy atom. The first kappa shape index (κ1) is 12.9. The van der Waals surface area contributed by atoms with Gasteiger partial charge in [-0.15, -0.1) is 0 Å². The molecule has 1 aromatic rings. The number of hydrogen-bond donors (Lipinski definition) is 1. The molecule has 1 heterocycles. The standard InChI is InChI=1S/C14H20BrNO/c1-9-7-11(8-12-5-4-6-16-12)14(17-3)10(2)13(9)15/h7,12,16H,4-6,8H2,1-3H3. The lowest BCUT2D eigenvalue weighted by molar-refractivity contribution is 0.403. The fourth-order valence-corrected chi connectivity index (χ4v) is 2.95. The van der Waals surface area contributed by atoms with Crippen LogP contribution >= 0.6 is 15.9 Å². The molecule has 1 fully saturated rings. The Hall–Kier alpha value is -0.540. The highest BCUT2D eigenvalue weighted by Gasteiger charge is 2.19. The number of nitrogens with one attached hydrogen (secondary N) is 1. The fourth-order valence-electron chi connectivity index (χ4n) is 2.66. The number of halogens is 1. The molecule has 0 spiro atoms. The highest BCUT2D eigenvalue weighted by atomic mass is 79.9. The van der Waals surface area contributed by atoms with E-state index in [4.69, 9.17) is 4.74 Å². The van der Waals surface area contributed by atoms with Crippen molar-refractivity contribution >= 4 is 15.9 Å². The first-order chi connectivity index (χ1) is 8.13. The molecule has 1 atom stereocenters. The van der Waals surface area contributed by atoms with E-state index < -0.39 is 0 Å². The summed E-state index contributed by atoms with van der Waals surface area (Å²) in [6, 6.07) is 2.86. The predicted molar refractivity (Wildman–Crippen MR) is 74.9 cm³/mol. The Morgan fingerprint density at radius 1 is 1.47 bits per heavy atom. The lowest BCUT2D eigenvalue weighted by Gasteiger charge is -2.17. The molecular weight excluding hydrogens is 278 g/mol. The molecule has 1 N–H and O–H groups in total. The molecule has 3 heteroatoms. The van der Waals surface area contributed by atoms with E-state index in [1.165, 1.54) is 29.5 Å². The molecule has 1 saturated heterocycles. The van der Waals surface area contributed by atoms with Crippen molar-refractivity contribution in [1.82, 2.24) is 5.32 Å². The first-order valence-corrected chi connectivity index (χ1v) is 6.98. The average Bonchev–Trinajstić information content (AvgIpc) is 2.79. The smallest absolute Gasteiger partial charge is 0.126 e. The van der Waals surface area contributed by atoms with Gasteiger partial charge in [-0.2, -0.15) is 0 Å². The largest absolute Gasteiger partial charge is 0.496 e. The average molecular weight is 298 g/mol. The minimum atomic E-state index is 0.615. The van der Waals surface area contributed by atoms with Crippen LogP contribution in [-0.4, -0.2) is 19.7 Å². The van der Waals surface area contributed by atoms with Crippen LogP contribution in [0.5, 0.6) is 5.75 Å². The van der Waals surface area contributed by atoms with Crippen LogP contribution in [0.25, 0.3) is 0 Å². The number of ether oxygens (including phenoxy) is 1. The summed E-state index contributed by atoms with van der Waals surface area (Å²) < 4.78 is 6.73. The Morgan fingerprint density at radius 2 is 2.24 bits per heavy atom. The van der Waals surface area contributed by atoms with Gasteiger partial charge in [0.15, 0.2) is 0 Å². The maximum atomic E-state index is 5.56. The van der Waals surface area contributed by atoms with Crippen molar-refractivity contribution in [3.8, 4) is 5.75 Å². The van der Waals surface area contributed by atoms with Crippen LogP contribution in [0, 0.1) is 13.8 Å². The number of rotatable bonds is 3. The first-order valence-electron chi connectivity index (χ1n) is 6.19. The third-order valence-electron chi connectivity index (χ3n) is 3.53. The highest BCUT2D eigenvalue weighted by Crippen LogP contribution is 2.34. The second-order valence-electron chi connectivity index (χ2n) is 4.82. The molecule has 2 rings (SSSR count). The Balaban J connectivity index is 2.31. The van der Waals surface area contributed by atoms with Crippen molar-refractivity contribution in [2.75, 3.05) is 13.7 Å². The maximum Gasteiger partial charge on any atom is 0.126 e. The summed E-state index contributed by atoms with van der Waals surface area (Å²) in [7, 11) is 1.76. The second-order valence-corrected chi connectivity index (χ2v) is 5.62. The third kappa shape index (κ3) is 2.66. The van der Waals surface area contributed by atoms with E-state index in [0.717, 1.165) is 23.2 Å². The molecule has 0 radical (unpaired) electrons. The third-order valence-corrected chi connectivity index (χ3v) is 4.75. The summed E-state index contributed by atoms with van der Waals surface area (Å²) in [5, 5.41) is 3.54. The molecule has 1 aromatic carbocycles. The van der Waals surface area contributed by atoms with Crippen LogP contribution in [0.1, 0.15) is 29.5 Å². The van der Waals surface area contributed by atoms with Crippen LogP contribution in [0.15, 0.2) is 10.5 Å². The topological polar surface area (TPSA) is 21.3 Å². The van der Waals surface area contributed by atoms with E-state index in [1.807, 2.05) is 0 Å². The normalized spacial score (nSPS) is 19.6. The summed E-state index contributed by atoms with van der Waals surface area (Å²) in [4.78, 5) is 0. The van der Waals surface area contributed by atoms with Crippen molar-refractivity contribution in [2.24, 2.45) is 0 Å². The molecular formula is C14H20BrNO. The van der Waals surface area contributed by atoms with Crippen molar-refractivity contribution in [1.29, 1.82) is 0 Å². The lowest BCUT2D eigenvalue weighted by atomic mass is 9.99. The highest BCUT2D eigenvalue weighted by molar-refractivity contribution is 9.10. The summed E-state index contributed by atoms with van der Waals surface area (Å²) in [5.74, 6) is 1.04. The van der Waals surface area contributed by atoms with Gasteiger partial charge < -0.3 is 10.1 Å². The van der Waals surface area contributed by atoms with Crippen LogP contribution in [0.3, 0.4) is 0 Å².